The molecule has 0 aliphatic heterocycles. The van der Waals surface area contributed by atoms with E-state index in [9.17, 15) is 20.0 Å². The standard InChI is InChI=1S/C13H12N2O5S/c16-12(9-3-4-21-7-9)6-14-10-2-1-8(13(17)18)5-11(10)15(19)20/h1-5,7,12,14,16H,6H2,(H,17,18). The fourth-order valence-corrected chi connectivity index (χ4v) is 2.46. The van der Waals surface area contributed by atoms with Gasteiger partial charge in [0.2, 0.25) is 0 Å². The fourth-order valence-electron chi connectivity index (χ4n) is 1.75. The number of carboxylic acids is 1. The van der Waals surface area contributed by atoms with Crippen molar-refractivity contribution in [3.63, 3.8) is 0 Å². The molecule has 3 N–H and O–H groups in total. The van der Waals surface area contributed by atoms with Crippen molar-refractivity contribution in [3.05, 3.63) is 56.3 Å². The zero-order valence-electron chi connectivity index (χ0n) is 10.7. The van der Waals surface area contributed by atoms with E-state index >= 15 is 0 Å². The normalized spacial score (nSPS) is 11.9. The Labute approximate surface area is 123 Å². The van der Waals surface area contributed by atoms with Gasteiger partial charge in [0.15, 0.2) is 0 Å². The van der Waals surface area contributed by atoms with Crippen LogP contribution in [0.2, 0.25) is 0 Å². The van der Waals surface area contributed by atoms with Gasteiger partial charge < -0.3 is 15.5 Å². The van der Waals surface area contributed by atoms with Crippen LogP contribution >= 0.6 is 11.3 Å². The average Bonchev–Trinajstić information content (AvgIpc) is 2.98. The Morgan fingerprint density at radius 3 is 2.76 bits per heavy atom. The molecular weight excluding hydrogens is 296 g/mol. The number of rotatable bonds is 6. The summed E-state index contributed by atoms with van der Waals surface area (Å²) in [6, 6.07) is 5.34. The molecule has 1 atom stereocenters. The van der Waals surface area contributed by atoms with E-state index in [1.807, 2.05) is 5.38 Å². The van der Waals surface area contributed by atoms with Crippen LogP contribution in [-0.4, -0.2) is 27.7 Å². The topological polar surface area (TPSA) is 113 Å². The Bertz CT molecular complexity index is 657. The van der Waals surface area contributed by atoms with Gasteiger partial charge in [0, 0.05) is 12.6 Å². The molecular formula is C13H12N2O5S. The number of carboxylic acid groups (broad SMARTS) is 1. The number of nitro groups is 1. The van der Waals surface area contributed by atoms with E-state index in [0.29, 0.717) is 0 Å². The monoisotopic (exact) mass is 308 g/mol. The van der Waals surface area contributed by atoms with Gasteiger partial charge in [0.1, 0.15) is 5.69 Å². The molecule has 2 aromatic rings. The summed E-state index contributed by atoms with van der Waals surface area (Å²) in [5.41, 5.74) is 0.384. The predicted octanol–water partition coefficient (Wildman–Crippen LogP) is 2.50. The molecule has 0 bridgehead atoms. The van der Waals surface area contributed by atoms with E-state index in [1.54, 1.807) is 11.4 Å². The highest BCUT2D eigenvalue weighted by Gasteiger charge is 2.18. The molecule has 110 valence electrons. The molecule has 0 aliphatic rings. The lowest BCUT2D eigenvalue weighted by Gasteiger charge is -2.12. The van der Waals surface area contributed by atoms with Crippen LogP contribution in [0.4, 0.5) is 11.4 Å². The zero-order valence-corrected chi connectivity index (χ0v) is 11.5. The number of benzene rings is 1. The molecule has 0 radical (unpaired) electrons. The van der Waals surface area contributed by atoms with Crippen LogP contribution < -0.4 is 5.32 Å². The van der Waals surface area contributed by atoms with Crippen LogP contribution in [-0.2, 0) is 0 Å². The highest BCUT2D eigenvalue weighted by Crippen LogP contribution is 2.26. The molecule has 0 spiro atoms. The number of carbonyl (C=O) groups is 1. The molecule has 21 heavy (non-hydrogen) atoms. The van der Waals surface area contributed by atoms with Crippen molar-refractivity contribution in [2.45, 2.75) is 6.10 Å². The molecule has 1 heterocycles. The molecule has 0 fully saturated rings. The molecule has 0 amide bonds. The Hall–Kier alpha value is -2.45. The average molecular weight is 308 g/mol. The number of thiophene rings is 1. The first kappa shape index (κ1) is 14.9. The van der Waals surface area contributed by atoms with Gasteiger partial charge in [-0.1, -0.05) is 0 Å². The van der Waals surface area contributed by atoms with Crippen LogP contribution in [0.1, 0.15) is 22.0 Å². The largest absolute Gasteiger partial charge is 0.478 e. The number of nitro benzene ring substituents is 1. The van der Waals surface area contributed by atoms with Gasteiger partial charge in [-0.05, 0) is 34.5 Å². The summed E-state index contributed by atoms with van der Waals surface area (Å²) >= 11 is 1.44. The van der Waals surface area contributed by atoms with Crippen molar-refractivity contribution in [1.29, 1.82) is 0 Å². The fraction of sp³-hybridized carbons (Fsp3) is 0.154. The minimum absolute atomic E-state index is 0.0873. The van der Waals surface area contributed by atoms with E-state index in [0.717, 1.165) is 11.6 Å². The molecule has 7 nitrogen and oxygen atoms in total. The van der Waals surface area contributed by atoms with Gasteiger partial charge in [0.05, 0.1) is 16.6 Å². The number of anilines is 1. The third-order valence-electron chi connectivity index (χ3n) is 2.86. The second-order valence-corrected chi connectivity index (χ2v) is 5.03. The van der Waals surface area contributed by atoms with Gasteiger partial charge in [-0.2, -0.15) is 11.3 Å². The van der Waals surface area contributed by atoms with Gasteiger partial charge in [0.25, 0.3) is 5.69 Å². The van der Waals surface area contributed by atoms with E-state index in [4.69, 9.17) is 5.11 Å². The maximum atomic E-state index is 11.0. The van der Waals surface area contributed by atoms with Crippen LogP contribution in [0.3, 0.4) is 0 Å². The zero-order chi connectivity index (χ0) is 15.4. The summed E-state index contributed by atoms with van der Waals surface area (Å²) in [4.78, 5) is 21.1. The summed E-state index contributed by atoms with van der Waals surface area (Å²) in [6.45, 7) is 0.0873. The van der Waals surface area contributed by atoms with Crippen molar-refractivity contribution >= 4 is 28.7 Å². The maximum absolute atomic E-state index is 11.0. The maximum Gasteiger partial charge on any atom is 0.335 e. The Morgan fingerprint density at radius 1 is 1.43 bits per heavy atom. The lowest BCUT2D eigenvalue weighted by molar-refractivity contribution is -0.384. The Morgan fingerprint density at radius 2 is 2.19 bits per heavy atom. The highest BCUT2D eigenvalue weighted by atomic mass is 32.1. The molecule has 0 aliphatic carbocycles. The van der Waals surface area contributed by atoms with E-state index in [-0.39, 0.29) is 23.5 Å². The minimum Gasteiger partial charge on any atom is -0.478 e. The van der Waals surface area contributed by atoms with Gasteiger partial charge in [-0.15, -0.1) is 0 Å². The third kappa shape index (κ3) is 3.56. The summed E-state index contributed by atoms with van der Waals surface area (Å²) in [7, 11) is 0. The van der Waals surface area contributed by atoms with Crippen LogP contribution in [0, 0.1) is 10.1 Å². The molecule has 1 aromatic carbocycles. The number of hydrogen-bond donors (Lipinski definition) is 3. The summed E-state index contributed by atoms with van der Waals surface area (Å²) in [5, 5.41) is 36.1. The van der Waals surface area contributed by atoms with Gasteiger partial charge in [-0.3, -0.25) is 10.1 Å². The van der Waals surface area contributed by atoms with Crippen molar-refractivity contribution in [2.75, 3.05) is 11.9 Å². The smallest absolute Gasteiger partial charge is 0.335 e. The summed E-state index contributed by atoms with van der Waals surface area (Å²) < 4.78 is 0. The molecule has 1 unspecified atom stereocenters. The summed E-state index contributed by atoms with van der Waals surface area (Å²) in [6.07, 6.45) is -0.796. The molecule has 1 aromatic heterocycles. The van der Waals surface area contributed by atoms with Crippen molar-refractivity contribution < 1.29 is 19.9 Å². The minimum atomic E-state index is -1.23. The SMILES string of the molecule is O=C(O)c1ccc(NCC(O)c2ccsc2)c([N+](=O)[O-])c1. The van der Waals surface area contributed by atoms with E-state index in [1.165, 1.54) is 23.5 Å². The summed E-state index contributed by atoms with van der Waals surface area (Å²) in [5.74, 6) is -1.23. The van der Waals surface area contributed by atoms with Crippen molar-refractivity contribution in [1.82, 2.24) is 0 Å². The second kappa shape index (κ2) is 6.33. The first-order valence-corrected chi connectivity index (χ1v) is 6.89. The predicted molar refractivity (Wildman–Crippen MR) is 77.8 cm³/mol. The third-order valence-corrected chi connectivity index (χ3v) is 3.56. The lowest BCUT2D eigenvalue weighted by atomic mass is 10.1. The quantitative estimate of drug-likeness (QED) is 0.558. The first-order chi connectivity index (χ1) is 9.99. The van der Waals surface area contributed by atoms with Crippen LogP contribution in [0.25, 0.3) is 0 Å². The molecule has 0 saturated carbocycles. The number of aliphatic hydroxyl groups is 1. The van der Waals surface area contributed by atoms with Crippen LogP contribution in [0.5, 0.6) is 0 Å². The molecule has 2 rings (SSSR count). The van der Waals surface area contributed by atoms with Gasteiger partial charge in [-0.25, -0.2) is 4.79 Å². The van der Waals surface area contributed by atoms with E-state index in [2.05, 4.69) is 5.32 Å². The number of aliphatic hydroxyl groups excluding tert-OH is 1. The Balaban J connectivity index is 2.16. The molecule has 8 heteroatoms. The van der Waals surface area contributed by atoms with Gasteiger partial charge >= 0.3 is 5.97 Å². The number of nitrogens with one attached hydrogen (secondary N) is 1. The molecule has 0 saturated heterocycles. The first-order valence-electron chi connectivity index (χ1n) is 5.95. The number of aromatic carboxylic acids is 1. The van der Waals surface area contributed by atoms with Crippen molar-refractivity contribution in [3.8, 4) is 0 Å². The highest BCUT2D eigenvalue weighted by molar-refractivity contribution is 7.07. The number of hydrogen-bond acceptors (Lipinski definition) is 6. The second-order valence-electron chi connectivity index (χ2n) is 4.25. The Kier molecular flexibility index (Phi) is 4.51. The van der Waals surface area contributed by atoms with E-state index < -0.39 is 17.0 Å². The number of nitrogens with zero attached hydrogens (tertiary/aromatic N) is 1. The van der Waals surface area contributed by atoms with Crippen molar-refractivity contribution in [2.24, 2.45) is 0 Å². The van der Waals surface area contributed by atoms with Crippen LogP contribution in [0.15, 0.2) is 35.0 Å². The lowest BCUT2D eigenvalue weighted by Crippen LogP contribution is -2.13.